The molecule has 0 spiro atoms. The van der Waals surface area contributed by atoms with Crippen molar-refractivity contribution in [3.63, 3.8) is 0 Å². The lowest BCUT2D eigenvalue weighted by Gasteiger charge is -2.24. The fourth-order valence-corrected chi connectivity index (χ4v) is 4.47. The first-order valence-electron chi connectivity index (χ1n) is 9.06. The molecule has 1 unspecified atom stereocenters. The zero-order valence-corrected chi connectivity index (χ0v) is 17.7. The first-order valence-corrected chi connectivity index (χ1v) is 10.9. The molecule has 6 nitrogen and oxygen atoms in total. The van der Waals surface area contributed by atoms with Gasteiger partial charge in [-0.1, -0.05) is 29.8 Å². The van der Waals surface area contributed by atoms with Gasteiger partial charge in [0.2, 0.25) is 15.9 Å². The van der Waals surface area contributed by atoms with Crippen molar-refractivity contribution in [1.82, 2.24) is 4.31 Å². The van der Waals surface area contributed by atoms with Crippen LogP contribution in [0.2, 0.25) is 5.02 Å². The number of para-hydroxylation sites is 1. The second-order valence-electron chi connectivity index (χ2n) is 7.10. The van der Waals surface area contributed by atoms with Crippen molar-refractivity contribution in [2.75, 3.05) is 30.9 Å². The Balaban J connectivity index is 1.69. The van der Waals surface area contributed by atoms with Crippen LogP contribution in [0.25, 0.3) is 0 Å². The molecule has 0 saturated carbocycles. The summed E-state index contributed by atoms with van der Waals surface area (Å²) in [5.41, 5.74) is 2.75. The molecule has 0 fully saturated rings. The standard InChI is InChI=1S/C20H24ClN3O3S/c1-14-12-15-6-4-5-7-19(15)24(14)11-10-20(25)22-18-13-16(8-9-17(18)21)28(26,27)23(2)3/h4-9,13-14H,10-12H2,1-3H3,(H,22,25). The first-order chi connectivity index (χ1) is 13.2. The molecule has 1 aliphatic rings. The van der Waals surface area contributed by atoms with Gasteiger partial charge in [0.1, 0.15) is 0 Å². The van der Waals surface area contributed by atoms with Gasteiger partial charge >= 0.3 is 0 Å². The van der Waals surface area contributed by atoms with Crippen molar-refractivity contribution in [2.45, 2.75) is 30.7 Å². The van der Waals surface area contributed by atoms with Crippen LogP contribution in [0.1, 0.15) is 18.9 Å². The number of halogens is 1. The molecule has 0 radical (unpaired) electrons. The molecule has 0 aromatic heterocycles. The number of nitrogens with zero attached hydrogens (tertiary/aromatic N) is 2. The predicted molar refractivity (Wildman–Crippen MR) is 113 cm³/mol. The summed E-state index contributed by atoms with van der Waals surface area (Å²) in [4.78, 5) is 14.8. The number of hydrogen-bond donors (Lipinski definition) is 1. The summed E-state index contributed by atoms with van der Waals surface area (Å²) < 4.78 is 25.7. The van der Waals surface area contributed by atoms with Gasteiger partial charge in [-0.05, 0) is 43.2 Å². The van der Waals surface area contributed by atoms with Gasteiger partial charge in [-0.3, -0.25) is 4.79 Å². The summed E-state index contributed by atoms with van der Waals surface area (Å²) in [5.74, 6) is -0.210. The molecule has 0 saturated heterocycles. The highest BCUT2D eigenvalue weighted by Crippen LogP contribution is 2.32. The van der Waals surface area contributed by atoms with E-state index in [1.165, 1.54) is 43.5 Å². The Morgan fingerprint density at radius 2 is 1.96 bits per heavy atom. The van der Waals surface area contributed by atoms with Crippen molar-refractivity contribution in [2.24, 2.45) is 0 Å². The fraction of sp³-hybridized carbons (Fsp3) is 0.350. The van der Waals surface area contributed by atoms with Crippen LogP contribution < -0.4 is 10.2 Å². The maximum absolute atomic E-state index is 12.5. The van der Waals surface area contributed by atoms with Crippen molar-refractivity contribution >= 4 is 38.9 Å². The van der Waals surface area contributed by atoms with Crippen molar-refractivity contribution < 1.29 is 13.2 Å². The zero-order valence-electron chi connectivity index (χ0n) is 16.1. The number of sulfonamides is 1. The molecule has 28 heavy (non-hydrogen) atoms. The van der Waals surface area contributed by atoms with Gasteiger partial charge in [0.25, 0.3) is 0 Å². The van der Waals surface area contributed by atoms with E-state index in [0.29, 0.717) is 23.3 Å². The molecule has 150 valence electrons. The largest absolute Gasteiger partial charge is 0.368 e. The fourth-order valence-electron chi connectivity index (χ4n) is 3.38. The van der Waals surface area contributed by atoms with E-state index < -0.39 is 10.0 Å². The third-order valence-corrected chi connectivity index (χ3v) is 7.06. The molecule has 1 aliphatic heterocycles. The molecular weight excluding hydrogens is 398 g/mol. The van der Waals surface area contributed by atoms with Crippen LogP contribution in [0.15, 0.2) is 47.4 Å². The Labute approximate surface area is 171 Å². The van der Waals surface area contributed by atoms with E-state index in [1.807, 2.05) is 12.1 Å². The molecule has 0 aliphatic carbocycles. The minimum absolute atomic E-state index is 0.0827. The molecule has 3 rings (SSSR count). The van der Waals surface area contributed by atoms with Crippen LogP contribution in [0, 0.1) is 0 Å². The quantitative estimate of drug-likeness (QED) is 0.776. The van der Waals surface area contributed by atoms with Crippen LogP contribution in [0.4, 0.5) is 11.4 Å². The number of rotatable bonds is 6. The number of hydrogen-bond acceptors (Lipinski definition) is 4. The average molecular weight is 422 g/mol. The summed E-state index contributed by atoms with van der Waals surface area (Å²) in [7, 11) is -0.692. The van der Waals surface area contributed by atoms with Gasteiger partial charge in [0.05, 0.1) is 15.6 Å². The molecule has 0 bridgehead atoms. The lowest BCUT2D eigenvalue weighted by molar-refractivity contribution is -0.116. The summed E-state index contributed by atoms with van der Waals surface area (Å²) in [6.07, 6.45) is 1.24. The van der Waals surface area contributed by atoms with E-state index in [2.05, 4.69) is 29.3 Å². The third-order valence-electron chi connectivity index (χ3n) is 4.92. The molecule has 2 aromatic carbocycles. The van der Waals surface area contributed by atoms with E-state index in [9.17, 15) is 13.2 Å². The lowest BCUT2D eigenvalue weighted by Crippen LogP contribution is -2.32. The van der Waals surface area contributed by atoms with Gasteiger partial charge in [0.15, 0.2) is 0 Å². The Hall–Kier alpha value is -2.09. The van der Waals surface area contributed by atoms with Gasteiger partial charge in [0, 0.05) is 38.8 Å². The Morgan fingerprint density at radius 3 is 2.68 bits per heavy atom. The first kappa shape index (κ1) is 20.6. The normalized spacial score (nSPS) is 16.3. The monoisotopic (exact) mass is 421 g/mol. The maximum atomic E-state index is 12.5. The Kier molecular flexibility index (Phi) is 5.98. The second kappa shape index (κ2) is 8.11. The predicted octanol–water partition coefficient (Wildman–Crippen LogP) is 3.37. The van der Waals surface area contributed by atoms with Crippen LogP contribution in [0.3, 0.4) is 0 Å². The van der Waals surface area contributed by atoms with Crippen molar-refractivity contribution in [1.29, 1.82) is 0 Å². The number of fused-ring (bicyclic) bond motifs is 1. The van der Waals surface area contributed by atoms with Gasteiger partial charge < -0.3 is 10.2 Å². The molecule has 1 N–H and O–H groups in total. The highest BCUT2D eigenvalue weighted by Gasteiger charge is 2.25. The molecule has 8 heteroatoms. The van der Waals surface area contributed by atoms with Crippen LogP contribution in [0.5, 0.6) is 0 Å². The number of benzene rings is 2. The van der Waals surface area contributed by atoms with Crippen molar-refractivity contribution in [3.8, 4) is 0 Å². The van der Waals surface area contributed by atoms with E-state index in [-0.39, 0.29) is 17.2 Å². The Bertz CT molecular complexity index is 992. The molecule has 2 aromatic rings. The average Bonchev–Trinajstić information content (AvgIpc) is 2.96. The van der Waals surface area contributed by atoms with E-state index >= 15 is 0 Å². The second-order valence-corrected chi connectivity index (χ2v) is 9.66. The van der Waals surface area contributed by atoms with E-state index in [1.54, 1.807) is 0 Å². The van der Waals surface area contributed by atoms with Crippen LogP contribution in [-0.2, 0) is 21.2 Å². The zero-order chi connectivity index (χ0) is 20.5. The molecule has 1 heterocycles. The summed E-state index contributed by atoms with van der Waals surface area (Å²) in [6.45, 7) is 2.72. The molecule has 1 amide bonds. The number of carbonyl (C=O) groups excluding carboxylic acids is 1. The van der Waals surface area contributed by atoms with E-state index in [0.717, 1.165) is 10.7 Å². The van der Waals surface area contributed by atoms with Gasteiger partial charge in [-0.2, -0.15) is 0 Å². The number of carbonyl (C=O) groups is 1. The van der Waals surface area contributed by atoms with Gasteiger partial charge in [-0.15, -0.1) is 0 Å². The number of amides is 1. The number of anilines is 2. The highest BCUT2D eigenvalue weighted by molar-refractivity contribution is 7.89. The minimum atomic E-state index is -3.60. The third kappa shape index (κ3) is 4.16. The molecular formula is C20H24ClN3O3S. The highest BCUT2D eigenvalue weighted by atomic mass is 35.5. The SMILES string of the molecule is CC1Cc2ccccc2N1CCC(=O)Nc1cc(S(=O)(=O)N(C)C)ccc1Cl. The topological polar surface area (TPSA) is 69.7 Å². The maximum Gasteiger partial charge on any atom is 0.242 e. The smallest absolute Gasteiger partial charge is 0.242 e. The van der Waals surface area contributed by atoms with Gasteiger partial charge in [-0.25, -0.2) is 12.7 Å². The Morgan fingerprint density at radius 1 is 1.25 bits per heavy atom. The minimum Gasteiger partial charge on any atom is -0.368 e. The summed E-state index contributed by atoms with van der Waals surface area (Å²) in [6, 6.07) is 12.8. The summed E-state index contributed by atoms with van der Waals surface area (Å²) >= 11 is 6.15. The molecule has 1 atom stereocenters. The van der Waals surface area contributed by atoms with Crippen LogP contribution >= 0.6 is 11.6 Å². The lowest BCUT2D eigenvalue weighted by atomic mass is 10.1. The van der Waals surface area contributed by atoms with E-state index in [4.69, 9.17) is 11.6 Å². The van der Waals surface area contributed by atoms with Crippen molar-refractivity contribution in [3.05, 3.63) is 53.1 Å². The summed E-state index contributed by atoms with van der Waals surface area (Å²) in [5, 5.41) is 3.04. The van der Waals surface area contributed by atoms with Crippen LogP contribution in [-0.4, -0.2) is 45.3 Å². The number of nitrogens with one attached hydrogen (secondary N) is 1.